The molecule has 0 saturated carbocycles. The molecule has 5 heteroatoms. The van der Waals surface area contributed by atoms with Crippen LogP contribution in [0.15, 0.2) is 49.1 Å². The Morgan fingerprint density at radius 1 is 1.21 bits per heavy atom. The van der Waals surface area contributed by atoms with E-state index >= 15 is 0 Å². The zero-order chi connectivity index (χ0) is 16.4. The number of amides is 1. The lowest BCUT2D eigenvalue weighted by atomic mass is 9.72. The number of carbonyl (C=O) groups excluding carboxylic acids is 1. The van der Waals surface area contributed by atoms with Crippen LogP contribution in [0.5, 0.6) is 0 Å². The summed E-state index contributed by atoms with van der Waals surface area (Å²) in [7, 11) is 0. The summed E-state index contributed by atoms with van der Waals surface area (Å²) in [6, 6.07) is 10.2. The minimum Gasteiger partial charge on any atom is -0.381 e. The average Bonchev–Trinajstić information content (AvgIpc) is 3.12. The fourth-order valence-electron chi connectivity index (χ4n) is 3.95. The van der Waals surface area contributed by atoms with E-state index in [0.29, 0.717) is 19.1 Å². The van der Waals surface area contributed by atoms with Gasteiger partial charge in [-0.1, -0.05) is 30.3 Å². The molecule has 4 rings (SSSR count). The zero-order valence-corrected chi connectivity index (χ0v) is 13.8. The van der Waals surface area contributed by atoms with Gasteiger partial charge in [-0.3, -0.25) is 4.79 Å². The van der Waals surface area contributed by atoms with Crippen molar-refractivity contribution in [3.63, 3.8) is 0 Å². The lowest BCUT2D eigenvalue weighted by Gasteiger charge is -2.46. The number of aromatic nitrogens is 2. The number of nitrogens with zero attached hydrogens (tertiary/aromatic N) is 3. The van der Waals surface area contributed by atoms with Gasteiger partial charge in [-0.2, -0.15) is 0 Å². The van der Waals surface area contributed by atoms with E-state index in [1.165, 1.54) is 0 Å². The summed E-state index contributed by atoms with van der Waals surface area (Å²) >= 11 is 0. The van der Waals surface area contributed by atoms with Crippen LogP contribution >= 0.6 is 0 Å². The Bertz CT molecular complexity index is 672. The molecular weight excluding hydrogens is 302 g/mol. The molecule has 1 amide bonds. The zero-order valence-electron chi connectivity index (χ0n) is 13.8. The number of hydrogen-bond acceptors (Lipinski definition) is 3. The van der Waals surface area contributed by atoms with Crippen LogP contribution < -0.4 is 0 Å². The molecule has 2 aromatic rings. The van der Waals surface area contributed by atoms with E-state index in [4.69, 9.17) is 4.74 Å². The van der Waals surface area contributed by atoms with Crippen LogP contribution in [0.1, 0.15) is 18.4 Å². The van der Waals surface area contributed by atoms with Crippen molar-refractivity contribution in [2.24, 2.45) is 5.92 Å². The van der Waals surface area contributed by atoms with Crippen LogP contribution in [-0.4, -0.2) is 46.7 Å². The molecule has 0 spiro atoms. The van der Waals surface area contributed by atoms with E-state index in [1.54, 1.807) is 6.20 Å². The maximum atomic E-state index is 13.3. The molecule has 0 bridgehead atoms. The van der Waals surface area contributed by atoms with Gasteiger partial charge in [0.1, 0.15) is 0 Å². The highest BCUT2D eigenvalue weighted by atomic mass is 16.5. The van der Waals surface area contributed by atoms with E-state index in [2.05, 4.69) is 21.7 Å². The normalized spacial score (nSPS) is 20.6. The van der Waals surface area contributed by atoms with Gasteiger partial charge in [-0.15, -0.1) is 0 Å². The van der Waals surface area contributed by atoms with E-state index in [0.717, 1.165) is 38.0 Å². The van der Waals surface area contributed by atoms with Crippen LogP contribution in [0, 0.1) is 5.92 Å². The molecule has 24 heavy (non-hydrogen) atoms. The summed E-state index contributed by atoms with van der Waals surface area (Å²) in [5.41, 5.74) is 0.732. The monoisotopic (exact) mass is 325 g/mol. The van der Waals surface area contributed by atoms with Crippen molar-refractivity contribution in [3.8, 4) is 0 Å². The Balaban J connectivity index is 1.47. The van der Waals surface area contributed by atoms with Gasteiger partial charge >= 0.3 is 0 Å². The molecular formula is C19H23N3O2. The van der Waals surface area contributed by atoms with Crippen molar-refractivity contribution in [1.29, 1.82) is 0 Å². The summed E-state index contributed by atoms with van der Waals surface area (Å²) in [6.45, 7) is 3.93. The molecule has 3 heterocycles. The Kier molecular flexibility index (Phi) is 4.10. The van der Waals surface area contributed by atoms with Crippen LogP contribution in [-0.2, 0) is 21.5 Å². The molecule has 2 aliphatic heterocycles. The third-order valence-corrected chi connectivity index (χ3v) is 5.35. The highest BCUT2D eigenvalue weighted by Gasteiger charge is 2.46. The van der Waals surface area contributed by atoms with Crippen molar-refractivity contribution in [3.05, 3.63) is 54.6 Å². The van der Waals surface area contributed by atoms with E-state index in [-0.39, 0.29) is 5.91 Å². The number of rotatable bonds is 4. The van der Waals surface area contributed by atoms with Gasteiger partial charge in [-0.25, -0.2) is 4.98 Å². The summed E-state index contributed by atoms with van der Waals surface area (Å²) in [4.78, 5) is 19.4. The Morgan fingerprint density at radius 2 is 1.96 bits per heavy atom. The van der Waals surface area contributed by atoms with Crippen molar-refractivity contribution in [2.75, 3.05) is 26.3 Å². The smallest absolute Gasteiger partial charge is 0.233 e. The first-order valence-corrected chi connectivity index (χ1v) is 8.66. The van der Waals surface area contributed by atoms with Crippen molar-refractivity contribution in [1.82, 2.24) is 14.5 Å². The molecule has 0 radical (unpaired) electrons. The lowest BCUT2D eigenvalue weighted by Crippen LogP contribution is -2.58. The lowest BCUT2D eigenvalue weighted by molar-refractivity contribution is -0.148. The molecule has 2 fully saturated rings. The minimum absolute atomic E-state index is 0.277. The third-order valence-electron chi connectivity index (χ3n) is 5.35. The maximum absolute atomic E-state index is 13.3. The second-order valence-electron chi connectivity index (χ2n) is 6.90. The van der Waals surface area contributed by atoms with E-state index in [9.17, 15) is 4.79 Å². The predicted molar refractivity (Wildman–Crippen MR) is 90.5 cm³/mol. The van der Waals surface area contributed by atoms with Crippen molar-refractivity contribution in [2.45, 2.75) is 24.8 Å². The number of benzene rings is 1. The predicted octanol–water partition coefficient (Wildman–Crippen LogP) is 2.09. The third kappa shape index (κ3) is 2.73. The Hall–Kier alpha value is -2.14. The molecule has 1 aromatic heterocycles. The van der Waals surface area contributed by atoms with Crippen LogP contribution in [0.3, 0.4) is 0 Å². The van der Waals surface area contributed by atoms with Gasteiger partial charge in [0.15, 0.2) is 0 Å². The van der Waals surface area contributed by atoms with Gasteiger partial charge in [0.25, 0.3) is 0 Å². The number of hydrogen-bond donors (Lipinski definition) is 0. The van der Waals surface area contributed by atoms with Crippen LogP contribution in [0.2, 0.25) is 0 Å². The maximum Gasteiger partial charge on any atom is 0.233 e. The second-order valence-corrected chi connectivity index (χ2v) is 6.90. The van der Waals surface area contributed by atoms with Gasteiger partial charge < -0.3 is 14.2 Å². The topological polar surface area (TPSA) is 47.4 Å². The molecule has 0 N–H and O–H groups in total. The van der Waals surface area contributed by atoms with Crippen molar-refractivity contribution >= 4 is 5.91 Å². The average molecular weight is 325 g/mol. The summed E-state index contributed by atoms with van der Waals surface area (Å²) in [6.07, 6.45) is 7.17. The van der Waals surface area contributed by atoms with Gasteiger partial charge in [0.2, 0.25) is 5.91 Å². The summed E-state index contributed by atoms with van der Waals surface area (Å²) < 4.78 is 7.63. The number of likely N-dealkylation sites (tertiary alicyclic amines) is 1. The van der Waals surface area contributed by atoms with Crippen LogP contribution in [0.4, 0.5) is 0 Å². The Morgan fingerprint density at radius 3 is 2.62 bits per heavy atom. The second kappa shape index (κ2) is 6.40. The molecule has 1 aromatic carbocycles. The molecule has 0 unspecified atom stereocenters. The van der Waals surface area contributed by atoms with Gasteiger partial charge in [-0.05, 0) is 18.4 Å². The van der Waals surface area contributed by atoms with Gasteiger partial charge in [0, 0.05) is 51.2 Å². The molecule has 2 aliphatic rings. The fourth-order valence-corrected chi connectivity index (χ4v) is 3.95. The van der Waals surface area contributed by atoms with E-state index < -0.39 is 5.41 Å². The van der Waals surface area contributed by atoms with E-state index in [1.807, 2.05) is 35.6 Å². The number of ether oxygens (including phenoxy) is 1. The summed E-state index contributed by atoms with van der Waals surface area (Å²) in [5.74, 6) is 0.801. The molecule has 5 nitrogen and oxygen atoms in total. The Labute approximate surface area is 142 Å². The highest BCUT2D eigenvalue weighted by molar-refractivity contribution is 5.89. The SMILES string of the molecule is O=C(N1CC(Cn2ccnc2)C1)C1(c2ccccc2)CCOCC1. The van der Waals surface area contributed by atoms with Crippen LogP contribution in [0.25, 0.3) is 0 Å². The minimum atomic E-state index is -0.403. The standard InChI is InChI=1S/C19H23N3O2/c23-18(22-13-16(14-22)12-21-9-8-20-15-21)19(6-10-24-11-7-19)17-4-2-1-3-5-17/h1-5,8-9,15-16H,6-7,10-14H2. The first-order chi connectivity index (χ1) is 11.8. The molecule has 0 atom stereocenters. The van der Waals surface area contributed by atoms with Crippen molar-refractivity contribution < 1.29 is 9.53 Å². The number of imidazole rings is 1. The molecule has 0 aliphatic carbocycles. The molecule has 2 saturated heterocycles. The fraction of sp³-hybridized carbons (Fsp3) is 0.474. The first-order valence-electron chi connectivity index (χ1n) is 8.66. The quantitative estimate of drug-likeness (QED) is 0.865. The first kappa shape index (κ1) is 15.4. The number of carbonyl (C=O) groups is 1. The largest absolute Gasteiger partial charge is 0.381 e. The molecule has 126 valence electrons. The summed E-state index contributed by atoms with van der Waals surface area (Å²) in [5, 5.41) is 0. The van der Waals surface area contributed by atoms with Gasteiger partial charge in [0.05, 0.1) is 11.7 Å². The highest BCUT2D eigenvalue weighted by Crippen LogP contribution is 2.38.